The fraction of sp³-hybridized carbons (Fsp3) is 0. The fourth-order valence-electron chi connectivity index (χ4n) is 3.13. The number of ketones is 1. The molecular weight excluding hydrogens is 487 g/mol. The second-order valence-electron chi connectivity index (χ2n) is 6.32. The molecule has 3 aromatic rings. The molecule has 0 unspecified atom stereocenters. The van der Waals surface area contributed by atoms with E-state index in [4.69, 9.17) is 0 Å². The molecule has 0 aliphatic carbocycles. The van der Waals surface area contributed by atoms with E-state index < -0.39 is 22.5 Å². The Labute approximate surface area is 178 Å². The highest BCUT2D eigenvalue weighted by Crippen LogP contribution is 2.30. The van der Waals surface area contributed by atoms with Gasteiger partial charge in [0.25, 0.3) is 17.5 Å². The van der Waals surface area contributed by atoms with Gasteiger partial charge in [-0.1, -0.05) is 18.2 Å². The molecule has 0 N–H and O–H groups in total. The molecule has 0 atom stereocenters. The quantitative estimate of drug-likeness (QED) is 0.176. The van der Waals surface area contributed by atoms with Gasteiger partial charge in [-0.25, -0.2) is 4.90 Å². The zero-order valence-electron chi connectivity index (χ0n) is 14.7. The van der Waals surface area contributed by atoms with E-state index >= 15 is 0 Å². The second kappa shape index (κ2) is 7.21. The average Bonchev–Trinajstić information content (AvgIpc) is 2.98. The van der Waals surface area contributed by atoms with Gasteiger partial charge in [0.05, 0.1) is 21.7 Å². The summed E-state index contributed by atoms with van der Waals surface area (Å²) in [6, 6.07) is 16.5. The largest absolute Gasteiger partial charge is 0.289 e. The maximum atomic E-state index is 12.8. The highest BCUT2D eigenvalue weighted by molar-refractivity contribution is 14.1. The molecule has 2 amide bonds. The predicted molar refractivity (Wildman–Crippen MR) is 113 cm³/mol. The molecule has 0 saturated carbocycles. The minimum atomic E-state index is -0.583. The van der Waals surface area contributed by atoms with Crippen LogP contribution >= 0.6 is 22.6 Å². The SMILES string of the molecule is O=C(c1cccc([N+](=O)[O-])c1)c1ccc2c(c1)C(=O)N(c1ccc(I)cc1)C2=O. The van der Waals surface area contributed by atoms with Gasteiger partial charge in [0.1, 0.15) is 0 Å². The van der Waals surface area contributed by atoms with Crippen LogP contribution in [0.15, 0.2) is 66.7 Å². The number of halogens is 1. The Bertz CT molecular complexity index is 1200. The summed E-state index contributed by atoms with van der Waals surface area (Å²) < 4.78 is 0.966. The van der Waals surface area contributed by atoms with Gasteiger partial charge in [-0.15, -0.1) is 0 Å². The molecule has 0 radical (unpaired) electrons. The molecule has 0 aromatic heterocycles. The van der Waals surface area contributed by atoms with Crippen molar-refractivity contribution in [3.05, 3.63) is 103 Å². The van der Waals surface area contributed by atoms with Crippen LogP contribution in [0.25, 0.3) is 0 Å². The van der Waals surface area contributed by atoms with E-state index in [1.807, 2.05) is 0 Å². The van der Waals surface area contributed by atoms with E-state index in [9.17, 15) is 24.5 Å². The number of rotatable bonds is 4. The number of hydrogen-bond donors (Lipinski definition) is 0. The zero-order valence-corrected chi connectivity index (χ0v) is 16.8. The number of nitrogens with zero attached hydrogens (tertiary/aromatic N) is 2. The van der Waals surface area contributed by atoms with Crippen molar-refractivity contribution in [1.29, 1.82) is 0 Å². The van der Waals surface area contributed by atoms with Crippen molar-refractivity contribution in [3.8, 4) is 0 Å². The molecule has 3 aromatic carbocycles. The van der Waals surface area contributed by atoms with Crippen LogP contribution in [0.1, 0.15) is 36.6 Å². The third-order valence-electron chi connectivity index (χ3n) is 4.55. The molecule has 0 spiro atoms. The maximum absolute atomic E-state index is 12.8. The standard InChI is InChI=1S/C21H11IN2O5/c22-14-5-7-15(8-6-14)23-20(26)17-9-4-13(11-18(17)21(23)27)19(25)12-2-1-3-16(10-12)24(28)29/h1-11H. The van der Waals surface area contributed by atoms with Crippen molar-refractivity contribution in [1.82, 2.24) is 0 Å². The van der Waals surface area contributed by atoms with Crippen LogP contribution in [0, 0.1) is 13.7 Å². The predicted octanol–water partition coefficient (Wildman–Crippen LogP) is 4.23. The van der Waals surface area contributed by atoms with Gasteiger partial charge in [-0.05, 0) is 59.0 Å². The lowest BCUT2D eigenvalue weighted by Crippen LogP contribution is -2.29. The van der Waals surface area contributed by atoms with E-state index in [-0.39, 0.29) is 27.9 Å². The molecule has 0 saturated heterocycles. The number of benzene rings is 3. The van der Waals surface area contributed by atoms with Crippen LogP contribution in [-0.4, -0.2) is 22.5 Å². The number of non-ortho nitro benzene ring substituents is 1. The van der Waals surface area contributed by atoms with Crippen LogP contribution in [-0.2, 0) is 0 Å². The number of nitro benzene ring substituents is 1. The maximum Gasteiger partial charge on any atom is 0.270 e. The lowest BCUT2D eigenvalue weighted by molar-refractivity contribution is -0.384. The molecule has 29 heavy (non-hydrogen) atoms. The monoisotopic (exact) mass is 498 g/mol. The summed E-state index contributed by atoms with van der Waals surface area (Å²) >= 11 is 2.13. The van der Waals surface area contributed by atoms with Crippen LogP contribution in [0.3, 0.4) is 0 Å². The average molecular weight is 498 g/mol. The highest BCUT2D eigenvalue weighted by Gasteiger charge is 2.37. The minimum Gasteiger partial charge on any atom is -0.289 e. The Morgan fingerprint density at radius 1 is 0.862 bits per heavy atom. The van der Waals surface area contributed by atoms with Crippen LogP contribution in [0.4, 0.5) is 11.4 Å². The number of imide groups is 1. The summed E-state index contributed by atoms with van der Waals surface area (Å²) in [4.78, 5) is 49.8. The third-order valence-corrected chi connectivity index (χ3v) is 5.27. The highest BCUT2D eigenvalue weighted by atomic mass is 127. The van der Waals surface area contributed by atoms with Crippen molar-refractivity contribution in [2.24, 2.45) is 0 Å². The Balaban J connectivity index is 1.70. The summed E-state index contributed by atoms with van der Waals surface area (Å²) in [6.07, 6.45) is 0. The second-order valence-corrected chi connectivity index (χ2v) is 7.56. The van der Waals surface area contributed by atoms with Gasteiger partial charge in [0, 0.05) is 26.8 Å². The molecule has 1 heterocycles. The molecule has 4 rings (SSSR count). The van der Waals surface area contributed by atoms with E-state index in [1.165, 1.54) is 42.5 Å². The Morgan fingerprint density at radius 2 is 1.52 bits per heavy atom. The Kier molecular flexibility index (Phi) is 4.71. The van der Waals surface area contributed by atoms with Crippen molar-refractivity contribution < 1.29 is 19.3 Å². The van der Waals surface area contributed by atoms with Gasteiger partial charge >= 0.3 is 0 Å². The van der Waals surface area contributed by atoms with E-state index in [0.717, 1.165) is 8.47 Å². The normalized spacial score (nSPS) is 12.8. The summed E-state index contributed by atoms with van der Waals surface area (Å²) in [5.74, 6) is -1.44. The number of fused-ring (bicyclic) bond motifs is 1. The molecule has 1 aliphatic rings. The van der Waals surface area contributed by atoms with Crippen molar-refractivity contribution in [2.75, 3.05) is 4.90 Å². The summed E-state index contributed by atoms with van der Waals surface area (Å²) in [5, 5.41) is 10.9. The van der Waals surface area contributed by atoms with Gasteiger partial charge in [-0.2, -0.15) is 0 Å². The van der Waals surface area contributed by atoms with Gasteiger partial charge in [0.15, 0.2) is 5.78 Å². The molecular formula is C21H11IN2O5. The Hall–Kier alpha value is -3.40. The number of carbonyl (C=O) groups excluding carboxylic acids is 3. The smallest absolute Gasteiger partial charge is 0.270 e. The van der Waals surface area contributed by atoms with E-state index in [1.54, 1.807) is 24.3 Å². The zero-order chi connectivity index (χ0) is 20.7. The number of nitro groups is 1. The first-order chi connectivity index (χ1) is 13.9. The first-order valence-corrected chi connectivity index (χ1v) is 9.52. The van der Waals surface area contributed by atoms with Crippen molar-refractivity contribution >= 4 is 51.6 Å². The molecule has 142 valence electrons. The molecule has 7 nitrogen and oxygen atoms in total. The Morgan fingerprint density at radius 3 is 2.21 bits per heavy atom. The fourth-order valence-corrected chi connectivity index (χ4v) is 3.49. The van der Waals surface area contributed by atoms with E-state index in [0.29, 0.717) is 5.69 Å². The lowest BCUT2D eigenvalue weighted by Gasteiger charge is -2.13. The van der Waals surface area contributed by atoms with E-state index in [2.05, 4.69) is 22.6 Å². The van der Waals surface area contributed by atoms with Crippen LogP contribution in [0.5, 0.6) is 0 Å². The summed E-state index contributed by atoms with van der Waals surface area (Å²) in [5.41, 5.74) is 0.894. The lowest BCUT2D eigenvalue weighted by atomic mass is 9.99. The summed E-state index contributed by atoms with van der Waals surface area (Å²) in [6.45, 7) is 0. The van der Waals surface area contributed by atoms with Crippen molar-refractivity contribution in [2.45, 2.75) is 0 Å². The van der Waals surface area contributed by atoms with Gasteiger partial charge < -0.3 is 0 Å². The number of hydrogen-bond acceptors (Lipinski definition) is 5. The van der Waals surface area contributed by atoms with Gasteiger partial charge in [-0.3, -0.25) is 24.5 Å². The van der Waals surface area contributed by atoms with Crippen LogP contribution < -0.4 is 4.90 Å². The molecule has 0 bridgehead atoms. The summed E-state index contributed by atoms with van der Waals surface area (Å²) in [7, 11) is 0. The molecule has 0 fully saturated rings. The number of carbonyl (C=O) groups is 3. The number of amides is 2. The first kappa shape index (κ1) is 18.9. The van der Waals surface area contributed by atoms with Gasteiger partial charge in [0.2, 0.25) is 0 Å². The van der Waals surface area contributed by atoms with Crippen molar-refractivity contribution in [3.63, 3.8) is 0 Å². The van der Waals surface area contributed by atoms with Crippen LogP contribution in [0.2, 0.25) is 0 Å². The third kappa shape index (κ3) is 3.31. The minimum absolute atomic E-state index is 0.129. The molecule has 8 heteroatoms. The topological polar surface area (TPSA) is 97.6 Å². The first-order valence-electron chi connectivity index (χ1n) is 8.44. The number of anilines is 1. The molecule has 1 aliphatic heterocycles.